The van der Waals surface area contributed by atoms with Crippen LogP contribution in [0.3, 0.4) is 0 Å². The summed E-state index contributed by atoms with van der Waals surface area (Å²) >= 11 is 6.58. The fourth-order valence-corrected chi connectivity index (χ4v) is 4.06. The van der Waals surface area contributed by atoms with Gasteiger partial charge in [0, 0.05) is 24.7 Å². The standard InChI is InChI=1S/C23H34ClNO2/c1-2-3-7-11-23(27)19-12-14-20(15-13-19)25-17-16-21(24)22(25)10-8-5-4-6-9-18-26/h5,8,12-15,18,21-23,27H,2-4,6-7,9-11,16-17H2,1H3/b8-5-/t21?,22-,23?/m0/s1. The molecular formula is C23H34ClNO2. The number of nitrogens with zero attached hydrogens (tertiary/aromatic N) is 1. The zero-order chi connectivity index (χ0) is 19.5. The third kappa shape index (κ3) is 6.97. The van der Waals surface area contributed by atoms with Gasteiger partial charge in [-0.3, -0.25) is 0 Å². The first-order valence-electron chi connectivity index (χ1n) is 10.4. The monoisotopic (exact) mass is 391 g/mol. The highest BCUT2D eigenvalue weighted by Gasteiger charge is 2.31. The first kappa shape index (κ1) is 22.0. The van der Waals surface area contributed by atoms with Gasteiger partial charge in [-0.1, -0.05) is 50.5 Å². The van der Waals surface area contributed by atoms with E-state index in [1.54, 1.807) is 0 Å². The summed E-state index contributed by atoms with van der Waals surface area (Å²) in [4.78, 5) is 12.7. The Morgan fingerprint density at radius 3 is 2.67 bits per heavy atom. The van der Waals surface area contributed by atoms with Gasteiger partial charge in [-0.25, -0.2) is 0 Å². The minimum Gasteiger partial charge on any atom is -0.388 e. The molecule has 0 aliphatic carbocycles. The molecule has 4 heteroatoms. The minimum absolute atomic E-state index is 0.156. The molecule has 0 spiro atoms. The molecule has 1 aromatic carbocycles. The summed E-state index contributed by atoms with van der Waals surface area (Å²) in [6, 6.07) is 8.65. The third-order valence-electron chi connectivity index (χ3n) is 5.39. The summed E-state index contributed by atoms with van der Waals surface area (Å²) < 4.78 is 0. The number of carbonyl (C=O) groups excluding carboxylic acids is 1. The van der Waals surface area contributed by atoms with Crippen LogP contribution in [0, 0.1) is 0 Å². The normalized spacial score (nSPS) is 21.1. The lowest BCUT2D eigenvalue weighted by atomic mass is 10.0. The molecule has 1 aliphatic rings. The van der Waals surface area contributed by atoms with Crippen LogP contribution in [0.1, 0.15) is 76.4 Å². The second-order valence-corrected chi connectivity index (χ2v) is 8.03. The highest BCUT2D eigenvalue weighted by molar-refractivity contribution is 6.21. The first-order valence-corrected chi connectivity index (χ1v) is 10.9. The van der Waals surface area contributed by atoms with Crippen LogP contribution in [0.2, 0.25) is 0 Å². The Morgan fingerprint density at radius 2 is 1.96 bits per heavy atom. The van der Waals surface area contributed by atoms with Crippen LogP contribution in [0.25, 0.3) is 0 Å². The Morgan fingerprint density at radius 1 is 1.19 bits per heavy atom. The lowest BCUT2D eigenvalue weighted by Crippen LogP contribution is -2.32. The number of hydrogen-bond donors (Lipinski definition) is 1. The highest BCUT2D eigenvalue weighted by atomic mass is 35.5. The van der Waals surface area contributed by atoms with E-state index < -0.39 is 0 Å². The smallest absolute Gasteiger partial charge is 0.120 e. The second kappa shape index (κ2) is 12.2. The van der Waals surface area contributed by atoms with E-state index in [1.165, 1.54) is 18.5 Å². The molecule has 3 atom stereocenters. The predicted molar refractivity (Wildman–Crippen MR) is 115 cm³/mol. The molecule has 2 rings (SSSR count). The Kier molecular flexibility index (Phi) is 9.93. The highest BCUT2D eigenvalue weighted by Crippen LogP contribution is 2.32. The van der Waals surface area contributed by atoms with Crippen LogP contribution in [-0.4, -0.2) is 29.4 Å². The van der Waals surface area contributed by atoms with E-state index in [0.717, 1.165) is 56.9 Å². The van der Waals surface area contributed by atoms with Gasteiger partial charge in [-0.05, 0) is 49.8 Å². The van der Waals surface area contributed by atoms with Gasteiger partial charge >= 0.3 is 0 Å². The van der Waals surface area contributed by atoms with Crippen LogP contribution in [0.15, 0.2) is 36.4 Å². The summed E-state index contributed by atoms with van der Waals surface area (Å²) in [5.74, 6) is 0. The van der Waals surface area contributed by atoms with E-state index in [4.69, 9.17) is 11.6 Å². The van der Waals surface area contributed by atoms with Crippen LogP contribution >= 0.6 is 11.6 Å². The number of hydrogen-bond acceptors (Lipinski definition) is 3. The van der Waals surface area contributed by atoms with Crippen molar-refractivity contribution in [2.45, 2.75) is 82.2 Å². The van der Waals surface area contributed by atoms with Crippen LogP contribution in [0.4, 0.5) is 5.69 Å². The molecule has 1 N–H and O–H groups in total. The van der Waals surface area contributed by atoms with E-state index in [1.807, 2.05) is 0 Å². The molecule has 1 heterocycles. The van der Waals surface area contributed by atoms with E-state index in [2.05, 4.69) is 48.2 Å². The molecule has 150 valence electrons. The fraction of sp³-hybridized carbons (Fsp3) is 0.609. The fourth-order valence-electron chi connectivity index (χ4n) is 3.73. The van der Waals surface area contributed by atoms with Crippen LogP contribution in [0.5, 0.6) is 0 Å². The molecule has 1 fully saturated rings. The van der Waals surface area contributed by atoms with Crippen molar-refractivity contribution >= 4 is 23.6 Å². The Balaban J connectivity index is 1.91. The SMILES string of the molecule is CCCCCC(O)c1ccc(N2CCC(Cl)[C@@H]2C/C=C\CCCC=O)cc1. The van der Waals surface area contributed by atoms with E-state index in [0.29, 0.717) is 12.5 Å². The largest absolute Gasteiger partial charge is 0.388 e. The van der Waals surface area contributed by atoms with E-state index >= 15 is 0 Å². The number of allylic oxidation sites excluding steroid dienone is 1. The number of halogens is 1. The van der Waals surface area contributed by atoms with E-state index in [-0.39, 0.29) is 11.5 Å². The molecule has 2 unspecified atom stereocenters. The zero-order valence-electron chi connectivity index (χ0n) is 16.5. The Labute approximate surface area is 169 Å². The molecule has 0 radical (unpaired) electrons. The van der Waals surface area contributed by atoms with Crippen molar-refractivity contribution in [2.24, 2.45) is 0 Å². The van der Waals surface area contributed by atoms with Gasteiger partial charge < -0.3 is 14.8 Å². The van der Waals surface area contributed by atoms with E-state index in [9.17, 15) is 9.90 Å². The lowest BCUT2D eigenvalue weighted by molar-refractivity contribution is -0.107. The summed E-state index contributed by atoms with van der Waals surface area (Å²) in [6.07, 6.45) is 13.6. The predicted octanol–water partition coefficient (Wildman–Crippen LogP) is 5.80. The summed E-state index contributed by atoms with van der Waals surface area (Å²) in [6.45, 7) is 3.15. The molecule has 27 heavy (non-hydrogen) atoms. The maximum absolute atomic E-state index is 10.4. The van der Waals surface area contributed by atoms with Crippen molar-refractivity contribution in [1.29, 1.82) is 0 Å². The number of aliphatic hydroxyl groups is 1. The molecule has 1 aliphatic heterocycles. The summed E-state index contributed by atoms with van der Waals surface area (Å²) in [5, 5.41) is 10.5. The topological polar surface area (TPSA) is 40.5 Å². The van der Waals surface area contributed by atoms with Crippen LogP contribution < -0.4 is 4.90 Å². The number of aldehydes is 1. The molecule has 0 amide bonds. The number of unbranched alkanes of at least 4 members (excludes halogenated alkanes) is 4. The van der Waals surface area contributed by atoms with Gasteiger partial charge in [0.1, 0.15) is 6.29 Å². The van der Waals surface area contributed by atoms with Crippen molar-refractivity contribution in [2.75, 3.05) is 11.4 Å². The number of anilines is 1. The lowest BCUT2D eigenvalue weighted by Gasteiger charge is -2.28. The summed E-state index contributed by atoms with van der Waals surface area (Å²) in [5.41, 5.74) is 2.19. The average molecular weight is 392 g/mol. The molecule has 3 nitrogen and oxygen atoms in total. The number of benzene rings is 1. The van der Waals surface area contributed by atoms with Gasteiger partial charge in [0.15, 0.2) is 0 Å². The minimum atomic E-state index is -0.366. The average Bonchev–Trinajstić information content (AvgIpc) is 3.05. The third-order valence-corrected chi connectivity index (χ3v) is 5.90. The van der Waals surface area contributed by atoms with Crippen molar-refractivity contribution in [3.05, 3.63) is 42.0 Å². The first-order chi connectivity index (χ1) is 13.2. The van der Waals surface area contributed by atoms with Crippen molar-refractivity contribution in [1.82, 2.24) is 0 Å². The summed E-state index contributed by atoms with van der Waals surface area (Å²) in [7, 11) is 0. The number of aliphatic hydroxyl groups excluding tert-OH is 1. The zero-order valence-corrected chi connectivity index (χ0v) is 17.3. The number of rotatable bonds is 12. The van der Waals surface area contributed by atoms with Crippen molar-refractivity contribution in [3.63, 3.8) is 0 Å². The molecular weight excluding hydrogens is 358 g/mol. The molecule has 0 aromatic heterocycles. The van der Waals surface area contributed by atoms with Gasteiger partial charge in [0.2, 0.25) is 0 Å². The van der Waals surface area contributed by atoms with Gasteiger partial charge in [-0.2, -0.15) is 0 Å². The Bertz CT molecular complexity index is 572. The molecule has 0 saturated carbocycles. The quantitative estimate of drug-likeness (QED) is 0.212. The Hall–Kier alpha value is -1.32. The van der Waals surface area contributed by atoms with Crippen LogP contribution in [-0.2, 0) is 4.79 Å². The molecule has 0 bridgehead atoms. The molecule has 1 saturated heterocycles. The number of carbonyl (C=O) groups is 1. The number of alkyl halides is 1. The van der Waals surface area contributed by atoms with Gasteiger partial charge in [0.25, 0.3) is 0 Å². The van der Waals surface area contributed by atoms with Crippen molar-refractivity contribution in [3.8, 4) is 0 Å². The maximum atomic E-state index is 10.4. The van der Waals surface area contributed by atoms with Gasteiger partial charge in [-0.15, -0.1) is 11.6 Å². The maximum Gasteiger partial charge on any atom is 0.120 e. The van der Waals surface area contributed by atoms with Crippen molar-refractivity contribution < 1.29 is 9.90 Å². The second-order valence-electron chi connectivity index (χ2n) is 7.47. The molecule has 1 aromatic rings. The van der Waals surface area contributed by atoms with Gasteiger partial charge in [0.05, 0.1) is 11.5 Å².